The Hall–Kier alpha value is -1.81. The predicted octanol–water partition coefficient (Wildman–Crippen LogP) is 2.89. The highest BCUT2D eigenvalue weighted by Crippen LogP contribution is 2.30. The number of hydrogen-bond donors (Lipinski definition) is 1. The molecule has 0 radical (unpaired) electrons. The van der Waals surface area contributed by atoms with E-state index in [-0.39, 0.29) is 5.92 Å². The molecule has 108 valence electrons. The van der Waals surface area contributed by atoms with E-state index in [0.29, 0.717) is 12.5 Å². The minimum Gasteiger partial charge on any atom is -0.495 e. The summed E-state index contributed by atoms with van der Waals surface area (Å²) in [5.41, 5.74) is 9.27. The molecule has 1 aromatic carbocycles. The Balaban J connectivity index is 2.54. The molecule has 1 heterocycles. The summed E-state index contributed by atoms with van der Waals surface area (Å²) in [6, 6.07) is 6.14. The van der Waals surface area contributed by atoms with Crippen LogP contribution in [0.4, 0.5) is 0 Å². The predicted molar refractivity (Wildman–Crippen MR) is 81.5 cm³/mol. The number of rotatable bonds is 5. The number of ether oxygens (including phenoxy) is 1. The van der Waals surface area contributed by atoms with Gasteiger partial charge >= 0.3 is 0 Å². The van der Waals surface area contributed by atoms with E-state index < -0.39 is 0 Å². The number of hydrogen-bond acceptors (Lipinski definition) is 3. The molecule has 0 aliphatic carbocycles. The summed E-state index contributed by atoms with van der Waals surface area (Å²) in [5, 5.41) is 0. The highest BCUT2D eigenvalue weighted by atomic mass is 16.5. The van der Waals surface area contributed by atoms with E-state index in [1.54, 1.807) is 7.11 Å². The zero-order valence-electron chi connectivity index (χ0n) is 12.6. The zero-order chi connectivity index (χ0) is 14.7. The van der Waals surface area contributed by atoms with Crippen LogP contribution in [0, 0.1) is 12.8 Å². The third-order valence-electron chi connectivity index (χ3n) is 3.70. The maximum absolute atomic E-state index is 5.94. The van der Waals surface area contributed by atoms with Crippen LogP contribution in [-0.2, 0) is 0 Å². The second-order valence-corrected chi connectivity index (χ2v) is 5.45. The van der Waals surface area contributed by atoms with E-state index in [2.05, 4.69) is 36.4 Å². The Morgan fingerprint density at radius 1 is 1.35 bits per heavy atom. The van der Waals surface area contributed by atoms with Crippen LogP contribution >= 0.6 is 0 Å². The molecule has 0 aliphatic heterocycles. The molecule has 4 nitrogen and oxygen atoms in total. The van der Waals surface area contributed by atoms with Crippen LogP contribution in [0.2, 0.25) is 0 Å². The fourth-order valence-corrected chi connectivity index (χ4v) is 2.50. The fraction of sp³-hybridized carbons (Fsp3) is 0.438. The van der Waals surface area contributed by atoms with Gasteiger partial charge in [-0.1, -0.05) is 19.9 Å². The second-order valence-electron chi connectivity index (χ2n) is 5.45. The van der Waals surface area contributed by atoms with Crippen molar-refractivity contribution in [1.29, 1.82) is 0 Å². The van der Waals surface area contributed by atoms with Crippen molar-refractivity contribution in [2.24, 2.45) is 11.7 Å². The summed E-state index contributed by atoms with van der Waals surface area (Å²) in [4.78, 5) is 4.31. The Morgan fingerprint density at radius 2 is 2.10 bits per heavy atom. The van der Waals surface area contributed by atoms with Crippen molar-refractivity contribution in [1.82, 2.24) is 9.55 Å². The van der Waals surface area contributed by atoms with E-state index in [9.17, 15) is 0 Å². The first-order valence-electron chi connectivity index (χ1n) is 6.95. The van der Waals surface area contributed by atoms with E-state index in [0.717, 1.165) is 17.1 Å². The number of nitrogens with zero attached hydrogens (tertiary/aromatic N) is 2. The van der Waals surface area contributed by atoms with Crippen molar-refractivity contribution in [3.63, 3.8) is 0 Å². The van der Waals surface area contributed by atoms with Crippen LogP contribution in [0.1, 0.15) is 31.0 Å². The number of aromatic nitrogens is 2. The van der Waals surface area contributed by atoms with Crippen LogP contribution < -0.4 is 10.5 Å². The van der Waals surface area contributed by atoms with E-state index in [1.807, 2.05) is 24.7 Å². The smallest absolute Gasteiger partial charge is 0.142 e. The Morgan fingerprint density at radius 3 is 2.70 bits per heavy atom. The largest absolute Gasteiger partial charge is 0.495 e. The van der Waals surface area contributed by atoms with Gasteiger partial charge in [-0.05, 0) is 30.5 Å². The number of benzene rings is 1. The van der Waals surface area contributed by atoms with Gasteiger partial charge in [-0.3, -0.25) is 4.57 Å². The summed E-state index contributed by atoms with van der Waals surface area (Å²) >= 11 is 0. The third kappa shape index (κ3) is 2.70. The fourth-order valence-electron chi connectivity index (χ4n) is 2.50. The summed E-state index contributed by atoms with van der Waals surface area (Å²) in [6.45, 7) is 7.05. The van der Waals surface area contributed by atoms with Crippen molar-refractivity contribution < 1.29 is 4.74 Å². The first-order valence-corrected chi connectivity index (χ1v) is 6.95. The minimum atomic E-state index is 0.280. The van der Waals surface area contributed by atoms with Gasteiger partial charge in [0.1, 0.15) is 5.75 Å². The van der Waals surface area contributed by atoms with Gasteiger partial charge < -0.3 is 10.5 Å². The summed E-state index contributed by atoms with van der Waals surface area (Å²) in [7, 11) is 1.69. The van der Waals surface area contributed by atoms with Gasteiger partial charge in [0.25, 0.3) is 0 Å². The highest BCUT2D eigenvalue weighted by molar-refractivity contribution is 5.50. The van der Waals surface area contributed by atoms with Gasteiger partial charge in [0.05, 0.1) is 19.1 Å². The molecule has 0 saturated heterocycles. The second kappa shape index (κ2) is 6.09. The van der Waals surface area contributed by atoms with Crippen molar-refractivity contribution in [3.8, 4) is 11.4 Å². The Bertz CT molecular complexity index is 575. The van der Waals surface area contributed by atoms with Crippen molar-refractivity contribution in [2.45, 2.75) is 26.7 Å². The van der Waals surface area contributed by atoms with E-state index in [4.69, 9.17) is 10.5 Å². The summed E-state index contributed by atoms with van der Waals surface area (Å²) < 4.78 is 7.56. The van der Waals surface area contributed by atoms with Gasteiger partial charge in [-0.2, -0.15) is 0 Å². The lowest BCUT2D eigenvalue weighted by molar-refractivity contribution is 0.411. The molecule has 0 bridgehead atoms. The molecular formula is C16H23N3O. The quantitative estimate of drug-likeness (QED) is 0.911. The monoisotopic (exact) mass is 273 g/mol. The number of aryl methyl sites for hydroxylation is 1. The van der Waals surface area contributed by atoms with Gasteiger partial charge in [-0.25, -0.2) is 4.98 Å². The number of imidazole rings is 1. The molecule has 0 aliphatic rings. The highest BCUT2D eigenvalue weighted by Gasteiger charge is 2.20. The van der Waals surface area contributed by atoms with Gasteiger partial charge in [0.2, 0.25) is 0 Å². The molecule has 0 spiro atoms. The van der Waals surface area contributed by atoms with Crippen molar-refractivity contribution >= 4 is 0 Å². The molecular weight excluding hydrogens is 250 g/mol. The van der Waals surface area contributed by atoms with Crippen LogP contribution in [0.5, 0.6) is 5.75 Å². The van der Waals surface area contributed by atoms with Crippen molar-refractivity contribution in [3.05, 3.63) is 42.0 Å². The van der Waals surface area contributed by atoms with Crippen LogP contribution in [0.3, 0.4) is 0 Å². The van der Waals surface area contributed by atoms with Crippen molar-refractivity contribution in [2.75, 3.05) is 13.7 Å². The van der Waals surface area contributed by atoms with Gasteiger partial charge in [0, 0.05) is 24.4 Å². The SMILES string of the molecule is COc1ccc(C)cc1-n1cncc1C(CN)C(C)C. The standard InChI is InChI=1S/C16H23N3O/c1-11(2)13(8-17)15-9-18-10-19(15)14-7-12(3)5-6-16(14)20-4/h5-7,9-11,13H,8,17H2,1-4H3. The molecule has 1 aromatic heterocycles. The average molecular weight is 273 g/mol. The average Bonchev–Trinajstić information content (AvgIpc) is 2.88. The van der Waals surface area contributed by atoms with E-state index in [1.165, 1.54) is 5.56 Å². The van der Waals surface area contributed by atoms with Gasteiger partial charge in [0.15, 0.2) is 0 Å². The van der Waals surface area contributed by atoms with Crippen LogP contribution in [-0.4, -0.2) is 23.2 Å². The number of methoxy groups -OCH3 is 1. The van der Waals surface area contributed by atoms with Crippen LogP contribution in [0.25, 0.3) is 5.69 Å². The molecule has 2 aromatic rings. The van der Waals surface area contributed by atoms with Gasteiger partial charge in [-0.15, -0.1) is 0 Å². The molecule has 1 unspecified atom stereocenters. The summed E-state index contributed by atoms with van der Waals surface area (Å²) in [5.74, 6) is 1.59. The van der Waals surface area contributed by atoms with Crippen LogP contribution in [0.15, 0.2) is 30.7 Å². The summed E-state index contributed by atoms with van der Waals surface area (Å²) in [6.07, 6.45) is 3.73. The molecule has 20 heavy (non-hydrogen) atoms. The first kappa shape index (κ1) is 14.6. The Labute approximate surface area is 120 Å². The lowest BCUT2D eigenvalue weighted by atomic mass is 9.93. The maximum Gasteiger partial charge on any atom is 0.142 e. The first-order chi connectivity index (χ1) is 9.58. The number of nitrogens with two attached hydrogens (primary N) is 1. The molecule has 0 amide bonds. The lowest BCUT2D eigenvalue weighted by Crippen LogP contribution is -2.20. The minimum absolute atomic E-state index is 0.280. The molecule has 0 saturated carbocycles. The maximum atomic E-state index is 5.94. The molecule has 1 atom stereocenters. The lowest BCUT2D eigenvalue weighted by Gasteiger charge is -2.21. The topological polar surface area (TPSA) is 53.1 Å². The molecule has 2 rings (SSSR count). The molecule has 4 heteroatoms. The normalized spacial score (nSPS) is 12.7. The third-order valence-corrected chi connectivity index (χ3v) is 3.70. The van der Waals surface area contributed by atoms with E-state index >= 15 is 0 Å². The molecule has 0 fully saturated rings. The zero-order valence-corrected chi connectivity index (χ0v) is 12.6. The Kier molecular flexibility index (Phi) is 4.45. The molecule has 2 N–H and O–H groups in total.